The standard InChI is InChI=1S/C20H31NO3/c1-13-4-2-3-5-17(13)21-18(22)12-24-19(23)20-9-14-6-15(10-20)8-16(7-14)11-20/h13-17H,2-12H2,1H3,(H,21,22). The zero-order chi connectivity index (χ0) is 16.7. The largest absolute Gasteiger partial charge is 0.455 e. The van der Waals surface area contributed by atoms with Crippen LogP contribution in [0, 0.1) is 29.1 Å². The van der Waals surface area contributed by atoms with E-state index in [0.717, 1.165) is 43.4 Å². The minimum Gasteiger partial charge on any atom is -0.455 e. The predicted molar refractivity (Wildman–Crippen MR) is 91.1 cm³/mol. The van der Waals surface area contributed by atoms with Gasteiger partial charge in [0.15, 0.2) is 6.61 Å². The van der Waals surface area contributed by atoms with E-state index in [1.807, 2.05) is 0 Å². The van der Waals surface area contributed by atoms with Gasteiger partial charge in [-0.3, -0.25) is 9.59 Å². The average Bonchev–Trinajstić information content (AvgIpc) is 2.53. The van der Waals surface area contributed by atoms with Gasteiger partial charge in [-0.15, -0.1) is 0 Å². The van der Waals surface area contributed by atoms with Gasteiger partial charge < -0.3 is 10.1 Å². The molecule has 24 heavy (non-hydrogen) atoms. The van der Waals surface area contributed by atoms with Crippen molar-refractivity contribution in [2.24, 2.45) is 29.1 Å². The van der Waals surface area contributed by atoms with Gasteiger partial charge >= 0.3 is 5.97 Å². The van der Waals surface area contributed by atoms with Gasteiger partial charge in [-0.05, 0) is 75.0 Å². The molecular formula is C20H31NO3. The summed E-state index contributed by atoms with van der Waals surface area (Å²) in [7, 11) is 0. The molecule has 0 aromatic heterocycles. The van der Waals surface area contributed by atoms with Crippen LogP contribution in [0.1, 0.15) is 71.1 Å². The van der Waals surface area contributed by atoms with Crippen molar-refractivity contribution in [1.29, 1.82) is 0 Å². The Balaban J connectivity index is 1.29. The molecule has 0 spiro atoms. The Bertz CT molecular complexity index is 480. The van der Waals surface area contributed by atoms with Gasteiger partial charge in [-0.1, -0.05) is 19.8 Å². The summed E-state index contributed by atoms with van der Waals surface area (Å²) in [6.45, 7) is 2.11. The molecule has 1 amide bonds. The summed E-state index contributed by atoms with van der Waals surface area (Å²) in [4.78, 5) is 25.0. The molecule has 5 fully saturated rings. The Kier molecular flexibility index (Phi) is 4.34. The van der Waals surface area contributed by atoms with Crippen molar-refractivity contribution in [2.75, 3.05) is 6.61 Å². The molecule has 0 saturated heterocycles. The number of rotatable bonds is 4. The number of amides is 1. The van der Waals surface area contributed by atoms with Crippen LogP contribution in [0.2, 0.25) is 0 Å². The second-order valence-corrected chi connectivity index (χ2v) is 9.21. The SMILES string of the molecule is CC1CCCCC1NC(=O)COC(=O)C12CC3CC(CC(C3)C1)C2. The van der Waals surface area contributed by atoms with Crippen LogP contribution < -0.4 is 5.32 Å². The average molecular weight is 333 g/mol. The number of ether oxygens (including phenoxy) is 1. The van der Waals surface area contributed by atoms with Crippen LogP contribution in [0.4, 0.5) is 0 Å². The molecule has 4 heteroatoms. The zero-order valence-electron chi connectivity index (χ0n) is 14.9. The molecule has 0 aromatic carbocycles. The number of nitrogens with one attached hydrogen (secondary N) is 1. The maximum atomic E-state index is 12.8. The maximum absolute atomic E-state index is 12.8. The molecule has 2 atom stereocenters. The van der Waals surface area contributed by atoms with E-state index in [-0.39, 0.29) is 29.9 Å². The summed E-state index contributed by atoms with van der Waals surface area (Å²) in [5.74, 6) is 2.49. The van der Waals surface area contributed by atoms with Crippen LogP contribution in [0.5, 0.6) is 0 Å². The molecule has 0 heterocycles. The van der Waals surface area contributed by atoms with Crippen molar-refractivity contribution in [3.05, 3.63) is 0 Å². The summed E-state index contributed by atoms with van der Waals surface area (Å²) in [6, 6.07) is 0.254. The van der Waals surface area contributed by atoms with Crippen LogP contribution in [0.25, 0.3) is 0 Å². The van der Waals surface area contributed by atoms with Crippen LogP contribution >= 0.6 is 0 Å². The second kappa shape index (κ2) is 6.34. The Morgan fingerprint density at radius 2 is 1.58 bits per heavy atom. The van der Waals surface area contributed by atoms with Crippen molar-refractivity contribution in [2.45, 2.75) is 77.2 Å². The molecule has 1 N–H and O–H groups in total. The van der Waals surface area contributed by atoms with E-state index in [9.17, 15) is 9.59 Å². The third kappa shape index (κ3) is 3.09. The van der Waals surface area contributed by atoms with Crippen LogP contribution in [-0.2, 0) is 14.3 Å². The van der Waals surface area contributed by atoms with Crippen LogP contribution in [0.3, 0.4) is 0 Å². The molecule has 2 unspecified atom stereocenters. The van der Waals surface area contributed by atoms with Crippen molar-refractivity contribution in [1.82, 2.24) is 5.32 Å². The van der Waals surface area contributed by atoms with Gasteiger partial charge in [-0.2, -0.15) is 0 Å². The van der Waals surface area contributed by atoms with Crippen molar-refractivity contribution in [3.8, 4) is 0 Å². The minimum atomic E-state index is -0.257. The van der Waals surface area contributed by atoms with Crippen LogP contribution in [-0.4, -0.2) is 24.5 Å². The molecule has 5 aliphatic carbocycles. The first-order valence-corrected chi connectivity index (χ1v) is 10.0. The highest BCUT2D eigenvalue weighted by Gasteiger charge is 2.55. The van der Waals surface area contributed by atoms with E-state index >= 15 is 0 Å². The predicted octanol–water partition coefficient (Wildman–Crippen LogP) is 3.44. The molecule has 0 aliphatic heterocycles. The normalized spacial score (nSPS) is 43.5. The lowest BCUT2D eigenvalue weighted by atomic mass is 9.49. The van der Waals surface area contributed by atoms with Crippen molar-refractivity contribution in [3.63, 3.8) is 0 Å². The molecule has 5 saturated carbocycles. The lowest BCUT2D eigenvalue weighted by Gasteiger charge is -2.55. The highest BCUT2D eigenvalue weighted by Crippen LogP contribution is 2.60. The summed E-state index contributed by atoms with van der Waals surface area (Å²) < 4.78 is 5.51. The number of hydrogen-bond acceptors (Lipinski definition) is 3. The zero-order valence-corrected chi connectivity index (χ0v) is 14.9. The smallest absolute Gasteiger partial charge is 0.312 e. The Hall–Kier alpha value is -1.06. The number of carbonyl (C=O) groups excluding carboxylic acids is 2. The first kappa shape index (κ1) is 16.4. The lowest BCUT2D eigenvalue weighted by Crippen LogP contribution is -2.51. The molecule has 0 radical (unpaired) electrons. The molecule has 4 nitrogen and oxygen atoms in total. The third-order valence-corrected chi connectivity index (χ3v) is 7.26. The van der Waals surface area contributed by atoms with Crippen LogP contribution in [0.15, 0.2) is 0 Å². The van der Waals surface area contributed by atoms with Gasteiger partial charge in [0, 0.05) is 6.04 Å². The third-order valence-electron chi connectivity index (χ3n) is 7.26. The fourth-order valence-corrected chi connectivity index (χ4v) is 6.42. The quantitative estimate of drug-likeness (QED) is 0.802. The van der Waals surface area contributed by atoms with E-state index < -0.39 is 0 Å². The Morgan fingerprint density at radius 1 is 1.00 bits per heavy atom. The van der Waals surface area contributed by atoms with Gasteiger partial charge in [0.05, 0.1) is 5.41 Å². The first-order chi connectivity index (χ1) is 11.5. The van der Waals surface area contributed by atoms with E-state index in [4.69, 9.17) is 4.74 Å². The molecule has 4 bridgehead atoms. The lowest BCUT2D eigenvalue weighted by molar-refractivity contribution is -0.173. The molecular weight excluding hydrogens is 302 g/mol. The fraction of sp³-hybridized carbons (Fsp3) is 0.900. The first-order valence-electron chi connectivity index (χ1n) is 10.0. The van der Waals surface area contributed by atoms with Crippen molar-refractivity contribution >= 4 is 11.9 Å². The summed E-state index contributed by atoms with van der Waals surface area (Å²) in [5, 5.41) is 3.08. The number of carbonyl (C=O) groups is 2. The maximum Gasteiger partial charge on any atom is 0.312 e. The van der Waals surface area contributed by atoms with E-state index in [0.29, 0.717) is 5.92 Å². The van der Waals surface area contributed by atoms with E-state index in [1.54, 1.807) is 0 Å². The topological polar surface area (TPSA) is 55.4 Å². The Morgan fingerprint density at radius 3 is 2.17 bits per heavy atom. The minimum absolute atomic E-state index is 0.0894. The molecule has 5 aliphatic rings. The van der Waals surface area contributed by atoms with Gasteiger partial charge in [0.25, 0.3) is 5.91 Å². The number of esters is 1. The number of hydrogen-bond donors (Lipinski definition) is 1. The molecule has 134 valence electrons. The highest BCUT2D eigenvalue weighted by molar-refractivity contribution is 5.83. The fourth-order valence-electron chi connectivity index (χ4n) is 6.42. The Labute approximate surface area is 145 Å². The summed E-state index contributed by atoms with van der Waals surface area (Å²) in [5.41, 5.74) is -0.257. The monoisotopic (exact) mass is 333 g/mol. The summed E-state index contributed by atoms with van der Waals surface area (Å²) in [6.07, 6.45) is 11.6. The van der Waals surface area contributed by atoms with Gasteiger partial charge in [0.2, 0.25) is 0 Å². The second-order valence-electron chi connectivity index (χ2n) is 9.21. The van der Waals surface area contributed by atoms with Gasteiger partial charge in [0.1, 0.15) is 0 Å². The van der Waals surface area contributed by atoms with Crippen molar-refractivity contribution < 1.29 is 14.3 Å². The molecule has 5 rings (SSSR count). The van der Waals surface area contributed by atoms with E-state index in [1.165, 1.54) is 38.5 Å². The van der Waals surface area contributed by atoms with E-state index in [2.05, 4.69) is 12.2 Å². The van der Waals surface area contributed by atoms with Gasteiger partial charge in [-0.25, -0.2) is 0 Å². The summed E-state index contributed by atoms with van der Waals surface area (Å²) >= 11 is 0. The molecule has 0 aromatic rings. The highest BCUT2D eigenvalue weighted by atomic mass is 16.5.